The van der Waals surface area contributed by atoms with Crippen LogP contribution in [0.1, 0.15) is 5.56 Å². The van der Waals surface area contributed by atoms with E-state index < -0.39 is 0 Å². The molecule has 5 heteroatoms. The molecule has 0 fully saturated rings. The van der Waals surface area contributed by atoms with E-state index in [0.29, 0.717) is 16.6 Å². The van der Waals surface area contributed by atoms with Gasteiger partial charge >= 0.3 is 0 Å². The van der Waals surface area contributed by atoms with E-state index in [1.807, 2.05) is 12.1 Å². The summed E-state index contributed by atoms with van der Waals surface area (Å²) in [5.41, 5.74) is 0.782. The van der Waals surface area contributed by atoms with Crippen LogP contribution in [0.25, 0.3) is 0 Å². The lowest BCUT2D eigenvalue weighted by molar-refractivity contribution is 0.756. The van der Waals surface area contributed by atoms with Gasteiger partial charge in [0.05, 0.1) is 16.6 Å². The van der Waals surface area contributed by atoms with Gasteiger partial charge in [0.1, 0.15) is 0 Å². The van der Waals surface area contributed by atoms with Gasteiger partial charge in [-0.15, -0.1) is 0 Å². The predicted molar refractivity (Wildman–Crippen MR) is 79.0 cm³/mol. The lowest BCUT2D eigenvalue weighted by atomic mass is 10.2. The number of rotatable bonds is 2. The van der Waals surface area contributed by atoms with E-state index in [-0.39, 0.29) is 5.56 Å². The largest absolute Gasteiger partial charge is 0.310 e. The van der Waals surface area contributed by atoms with Crippen LogP contribution in [-0.2, 0) is 6.54 Å². The fraction of sp³-hybridized carbons (Fsp3) is 0.0833. The highest BCUT2D eigenvalue weighted by atomic mass is 127. The molecule has 0 saturated heterocycles. The van der Waals surface area contributed by atoms with Gasteiger partial charge in [-0.3, -0.25) is 4.79 Å². The topological polar surface area (TPSA) is 22.0 Å². The highest BCUT2D eigenvalue weighted by Crippen LogP contribution is 2.25. The molecule has 2 rings (SSSR count). The number of halogens is 3. The molecule has 0 aliphatic heterocycles. The molecule has 0 bridgehead atoms. The molecule has 17 heavy (non-hydrogen) atoms. The third-order valence-corrected chi connectivity index (χ3v) is 3.82. The first-order valence-electron chi connectivity index (χ1n) is 4.87. The summed E-state index contributed by atoms with van der Waals surface area (Å²) in [5, 5.41) is 1.00. The maximum atomic E-state index is 11.7. The van der Waals surface area contributed by atoms with Crippen molar-refractivity contribution in [2.24, 2.45) is 0 Å². The van der Waals surface area contributed by atoms with Gasteiger partial charge in [-0.05, 0) is 40.3 Å². The highest BCUT2D eigenvalue weighted by molar-refractivity contribution is 14.1. The Morgan fingerprint density at radius 3 is 2.71 bits per heavy atom. The number of hydrogen-bond donors (Lipinski definition) is 0. The van der Waals surface area contributed by atoms with Crippen LogP contribution in [0.3, 0.4) is 0 Å². The van der Waals surface area contributed by atoms with Crippen LogP contribution >= 0.6 is 45.8 Å². The Bertz CT molecular complexity index is 610. The summed E-state index contributed by atoms with van der Waals surface area (Å²) in [6.07, 6.45) is 1.79. The Morgan fingerprint density at radius 1 is 1.18 bits per heavy atom. The number of aromatic nitrogens is 1. The predicted octanol–water partition coefficient (Wildman–Crippen LogP) is 3.81. The van der Waals surface area contributed by atoms with Crippen LogP contribution in [0, 0.1) is 3.57 Å². The zero-order valence-corrected chi connectivity index (χ0v) is 12.3. The SMILES string of the molecule is O=c1ccc(I)cn1Cc1cccc(Cl)c1Cl. The van der Waals surface area contributed by atoms with Crippen LogP contribution in [0.5, 0.6) is 0 Å². The van der Waals surface area contributed by atoms with Crippen molar-refractivity contribution in [3.05, 3.63) is 66.1 Å². The molecule has 0 spiro atoms. The van der Waals surface area contributed by atoms with Gasteiger partial charge in [0.15, 0.2) is 0 Å². The zero-order valence-electron chi connectivity index (χ0n) is 8.66. The van der Waals surface area contributed by atoms with E-state index in [2.05, 4.69) is 22.6 Å². The van der Waals surface area contributed by atoms with Crippen molar-refractivity contribution in [3.63, 3.8) is 0 Å². The molecule has 1 heterocycles. The molecule has 0 aliphatic rings. The van der Waals surface area contributed by atoms with Gasteiger partial charge in [0, 0.05) is 15.8 Å². The van der Waals surface area contributed by atoms with Gasteiger partial charge in [-0.25, -0.2) is 0 Å². The van der Waals surface area contributed by atoms with Crippen molar-refractivity contribution in [3.8, 4) is 0 Å². The fourth-order valence-corrected chi connectivity index (χ4v) is 2.38. The molecule has 1 aromatic carbocycles. The normalized spacial score (nSPS) is 10.5. The van der Waals surface area contributed by atoms with Crippen molar-refractivity contribution in [2.75, 3.05) is 0 Å². The standard InChI is InChI=1S/C12H8Cl2INO/c13-10-3-1-2-8(12(10)14)6-16-7-9(15)4-5-11(16)17/h1-5,7H,6H2. The molecular formula is C12H8Cl2INO. The van der Waals surface area contributed by atoms with E-state index in [1.165, 1.54) is 0 Å². The van der Waals surface area contributed by atoms with E-state index in [9.17, 15) is 4.79 Å². The molecule has 2 aromatic rings. The summed E-state index contributed by atoms with van der Waals surface area (Å²) in [6.45, 7) is 0.426. The average Bonchev–Trinajstić information content (AvgIpc) is 2.30. The van der Waals surface area contributed by atoms with Crippen LogP contribution in [-0.4, -0.2) is 4.57 Å². The first-order valence-corrected chi connectivity index (χ1v) is 6.70. The third-order valence-electron chi connectivity index (χ3n) is 2.32. The molecule has 0 N–H and O–H groups in total. The van der Waals surface area contributed by atoms with Crippen molar-refractivity contribution in [1.82, 2.24) is 4.57 Å². The smallest absolute Gasteiger partial charge is 0.250 e. The Balaban J connectivity index is 2.41. The maximum absolute atomic E-state index is 11.7. The fourth-order valence-electron chi connectivity index (χ4n) is 1.48. The zero-order chi connectivity index (χ0) is 12.4. The second-order valence-electron chi connectivity index (χ2n) is 3.53. The molecule has 0 aliphatic carbocycles. The van der Waals surface area contributed by atoms with Gasteiger partial charge in [0.2, 0.25) is 0 Å². The Kier molecular flexibility index (Phi) is 4.12. The van der Waals surface area contributed by atoms with Crippen molar-refractivity contribution in [2.45, 2.75) is 6.54 Å². The number of benzene rings is 1. The van der Waals surface area contributed by atoms with Gasteiger partial charge in [-0.2, -0.15) is 0 Å². The molecule has 0 radical (unpaired) electrons. The minimum atomic E-state index is -0.0542. The molecular weight excluding hydrogens is 372 g/mol. The van der Waals surface area contributed by atoms with Crippen molar-refractivity contribution >= 4 is 45.8 Å². The molecule has 0 unspecified atom stereocenters. The molecule has 88 valence electrons. The molecule has 0 atom stereocenters. The molecule has 2 nitrogen and oxygen atoms in total. The van der Waals surface area contributed by atoms with Gasteiger partial charge < -0.3 is 4.57 Å². The Labute approximate surface area is 122 Å². The van der Waals surface area contributed by atoms with Crippen molar-refractivity contribution in [1.29, 1.82) is 0 Å². The lowest BCUT2D eigenvalue weighted by Gasteiger charge is -2.08. The summed E-state index contributed by atoms with van der Waals surface area (Å²) in [6, 6.07) is 8.73. The number of pyridine rings is 1. The quantitative estimate of drug-likeness (QED) is 0.727. The van der Waals surface area contributed by atoms with E-state index in [4.69, 9.17) is 23.2 Å². The van der Waals surface area contributed by atoms with E-state index >= 15 is 0 Å². The summed E-state index contributed by atoms with van der Waals surface area (Å²) in [7, 11) is 0. The second kappa shape index (κ2) is 5.42. The van der Waals surface area contributed by atoms with E-state index in [0.717, 1.165) is 9.13 Å². The highest BCUT2D eigenvalue weighted by Gasteiger charge is 2.06. The van der Waals surface area contributed by atoms with Crippen LogP contribution in [0.4, 0.5) is 0 Å². The lowest BCUT2D eigenvalue weighted by Crippen LogP contribution is -2.19. The minimum absolute atomic E-state index is 0.0542. The molecule has 1 aromatic heterocycles. The first kappa shape index (κ1) is 12.9. The van der Waals surface area contributed by atoms with Gasteiger partial charge in [0.25, 0.3) is 5.56 Å². The van der Waals surface area contributed by atoms with Crippen LogP contribution in [0.2, 0.25) is 10.0 Å². The Morgan fingerprint density at radius 2 is 1.94 bits per heavy atom. The molecule has 0 amide bonds. The van der Waals surface area contributed by atoms with E-state index in [1.54, 1.807) is 29.0 Å². The maximum Gasteiger partial charge on any atom is 0.250 e. The summed E-state index contributed by atoms with van der Waals surface area (Å²) < 4.78 is 2.61. The van der Waals surface area contributed by atoms with Crippen LogP contribution < -0.4 is 5.56 Å². The Hall–Kier alpha value is -0.520. The van der Waals surface area contributed by atoms with Crippen LogP contribution in [0.15, 0.2) is 41.3 Å². The summed E-state index contributed by atoms with van der Waals surface area (Å²) >= 11 is 14.2. The number of hydrogen-bond acceptors (Lipinski definition) is 1. The number of nitrogens with zero attached hydrogens (tertiary/aromatic N) is 1. The second-order valence-corrected chi connectivity index (χ2v) is 5.56. The average molecular weight is 380 g/mol. The molecule has 0 saturated carbocycles. The first-order chi connectivity index (χ1) is 8.08. The summed E-state index contributed by atoms with van der Waals surface area (Å²) in [5.74, 6) is 0. The van der Waals surface area contributed by atoms with Crippen molar-refractivity contribution < 1.29 is 0 Å². The minimum Gasteiger partial charge on any atom is -0.310 e. The summed E-state index contributed by atoms with van der Waals surface area (Å²) in [4.78, 5) is 11.7. The van der Waals surface area contributed by atoms with Gasteiger partial charge in [-0.1, -0.05) is 35.3 Å². The monoisotopic (exact) mass is 379 g/mol. The third kappa shape index (κ3) is 3.03.